The van der Waals surface area contributed by atoms with E-state index in [4.69, 9.17) is 10.7 Å². The normalized spacial score (nSPS) is 16.0. The average molecular weight is 217 g/mol. The fraction of sp³-hybridized carbons (Fsp3) is 0.333. The van der Waals surface area contributed by atoms with Crippen molar-refractivity contribution in [1.82, 2.24) is 0 Å². The summed E-state index contributed by atoms with van der Waals surface area (Å²) in [6.45, 7) is 0.735. The first-order valence-corrected chi connectivity index (χ1v) is 5.27. The number of nitrogens with one attached hydrogen (secondary N) is 1. The molecule has 1 heterocycles. The van der Waals surface area contributed by atoms with Crippen LogP contribution in [0.2, 0.25) is 0 Å². The molecule has 1 aromatic carbocycles. The predicted molar refractivity (Wildman–Crippen MR) is 60.0 cm³/mol. The third-order valence-electron chi connectivity index (χ3n) is 2.74. The second-order valence-corrected chi connectivity index (χ2v) is 3.83. The maximum Gasteiger partial charge on any atom is 0.124 e. The van der Waals surface area contributed by atoms with Crippen LogP contribution >= 0.6 is 0 Å². The van der Waals surface area contributed by atoms with Crippen molar-refractivity contribution in [3.63, 3.8) is 0 Å². The molecule has 82 valence electrons. The molecular weight excluding hydrogens is 205 g/mol. The number of hydrogen-bond acceptors (Lipinski definition) is 2. The van der Waals surface area contributed by atoms with E-state index in [0.29, 0.717) is 17.1 Å². The van der Waals surface area contributed by atoms with E-state index in [2.05, 4.69) is 0 Å². The molecule has 16 heavy (non-hydrogen) atoms. The van der Waals surface area contributed by atoms with Crippen LogP contribution in [0.4, 0.5) is 10.1 Å². The number of hydrogen-bond donors (Lipinski definition) is 1. The lowest BCUT2D eigenvalue weighted by molar-refractivity contribution is 0.626. The molecule has 1 aliphatic rings. The van der Waals surface area contributed by atoms with Gasteiger partial charge in [0.1, 0.15) is 17.7 Å². The van der Waals surface area contributed by atoms with Gasteiger partial charge in [0.2, 0.25) is 0 Å². The molecule has 1 aromatic rings. The molecule has 0 aromatic heterocycles. The van der Waals surface area contributed by atoms with Gasteiger partial charge in [-0.3, -0.25) is 5.41 Å². The van der Waals surface area contributed by atoms with E-state index in [9.17, 15) is 4.39 Å². The second-order valence-electron chi connectivity index (χ2n) is 3.83. The zero-order valence-corrected chi connectivity index (χ0v) is 8.83. The van der Waals surface area contributed by atoms with Gasteiger partial charge in [-0.15, -0.1) is 0 Å². The Balaban J connectivity index is 2.39. The van der Waals surface area contributed by atoms with E-state index in [1.807, 2.05) is 6.07 Å². The van der Waals surface area contributed by atoms with Gasteiger partial charge in [-0.25, -0.2) is 4.39 Å². The van der Waals surface area contributed by atoms with Crippen LogP contribution in [0.1, 0.15) is 24.8 Å². The van der Waals surface area contributed by atoms with Crippen molar-refractivity contribution in [2.45, 2.75) is 19.3 Å². The fourth-order valence-electron chi connectivity index (χ4n) is 1.93. The molecule has 3 nitrogen and oxygen atoms in total. The molecule has 1 saturated heterocycles. The van der Waals surface area contributed by atoms with Gasteiger partial charge in [0, 0.05) is 13.0 Å². The van der Waals surface area contributed by atoms with Crippen molar-refractivity contribution < 1.29 is 4.39 Å². The van der Waals surface area contributed by atoms with Crippen molar-refractivity contribution >= 4 is 11.5 Å². The molecule has 0 aliphatic carbocycles. The Kier molecular flexibility index (Phi) is 2.86. The van der Waals surface area contributed by atoms with Gasteiger partial charge in [-0.1, -0.05) is 0 Å². The highest BCUT2D eigenvalue weighted by Crippen LogP contribution is 2.25. The molecule has 1 N–H and O–H groups in total. The summed E-state index contributed by atoms with van der Waals surface area (Å²) in [5, 5.41) is 16.8. The number of halogens is 1. The zero-order valence-electron chi connectivity index (χ0n) is 8.83. The highest BCUT2D eigenvalue weighted by Gasteiger charge is 2.19. The Morgan fingerprint density at radius 3 is 2.88 bits per heavy atom. The number of nitrogens with zero attached hydrogens (tertiary/aromatic N) is 2. The van der Waals surface area contributed by atoms with E-state index in [1.54, 1.807) is 11.0 Å². The first-order chi connectivity index (χ1) is 7.72. The summed E-state index contributed by atoms with van der Waals surface area (Å²) < 4.78 is 13.0. The summed E-state index contributed by atoms with van der Waals surface area (Å²) in [5.41, 5.74) is 0.945. The standard InChI is InChI=1S/C12H12FN3/c13-10-4-5-11(9(7-10)8-14)16-6-2-1-3-12(16)15/h4-5,7,15H,1-3,6H2. The third-order valence-corrected chi connectivity index (χ3v) is 2.74. The Bertz CT molecular complexity index is 462. The molecule has 0 unspecified atom stereocenters. The molecule has 0 atom stereocenters. The molecule has 0 spiro atoms. The van der Waals surface area contributed by atoms with Crippen LogP contribution in [0.3, 0.4) is 0 Å². The van der Waals surface area contributed by atoms with Gasteiger partial charge in [0.25, 0.3) is 0 Å². The van der Waals surface area contributed by atoms with Crippen LogP contribution in [0.15, 0.2) is 18.2 Å². The number of rotatable bonds is 1. The lowest BCUT2D eigenvalue weighted by Gasteiger charge is -2.29. The van der Waals surface area contributed by atoms with E-state index in [1.165, 1.54) is 12.1 Å². The van der Waals surface area contributed by atoms with Crippen molar-refractivity contribution in [2.75, 3.05) is 11.4 Å². The molecule has 0 saturated carbocycles. The summed E-state index contributed by atoms with van der Waals surface area (Å²) in [7, 11) is 0. The molecule has 0 radical (unpaired) electrons. The SMILES string of the molecule is N#Cc1cc(F)ccc1N1CCCCC1=N. The summed E-state index contributed by atoms with van der Waals surface area (Å²) in [6.07, 6.45) is 2.74. The molecule has 0 amide bonds. The van der Waals surface area contributed by atoms with Gasteiger partial charge >= 0.3 is 0 Å². The molecule has 2 rings (SSSR count). The van der Waals surface area contributed by atoms with Gasteiger partial charge in [-0.2, -0.15) is 5.26 Å². The van der Waals surface area contributed by atoms with Crippen LogP contribution in [-0.2, 0) is 0 Å². The summed E-state index contributed by atoms with van der Waals surface area (Å²) in [5.74, 6) is 0.0956. The van der Waals surface area contributed by atoms with Gasteiger partial charge < -0.3 is 4.90 Å². The topological polar surface area (TPSA) is 50.9 Å². The minimum Gasteiger partial charge on any atom is -0.329 e. The van der Waals surface area contributed by atoms with E-state index < -0.39 is 5.82 Å². The molecule has 4 heteroatoms. The Morgan fingerprint density at radius 2 is 2.19 bits per heavy atom. The van der Waals surface area contributed by atoms with Crippen molar-refractivity contribution in [2.24, 2.45) is 0 Å². The highest BCUT2D eigenvalue weighted by atomic mass is 19.1. The molecular formula is C12H12FN3. The lowest BCUT2D eigenvalue weighted by Crippen LogP contribution is -2.35. The Morgan fingerprint density at radius 1 is 1.38 bits per heavy atom. The average Bonchev–Trinajstić information content (AvgIpc) is 2.30. The predicted octanol–water partition coefficient (Wildman–Crippen LogP) is 2.66. The number of anilines is 1. The van der Waals surface area contributed by atoms with Crippen LogP contribution < -0.4 is 4.90 Å². The maximum atomic E-state index is 13.0. The quantitative estimate of drug-likeness (QED) is 0.786. The number of benzene rings is 1. The summed E-state index contributed by atoms with van der Waals surface area (Å²) in [4.78, 5) is 1.79. The first kappa shape index (κ1) is 10.6. The zero-order chi connectivity index (χ0) is 11.5. The van der Waals surface area contributed by atoms with Crippen LogP contribution in [0.5, 0.6) is 0 Å². The summed E-state index contributed by atoms with van der Waals surface area (Å²) in [6, 6.07) is 6.10. The second kappa shape index (κ2) is 4.31. The third kappa shape index (κ3) is 1.89. The summed E-state index contributed by atoms with van der Waals surface area (Å²) >= 11 is 0. The van der Waals surface area contributed by atoms with Gasteiger partial charge in [-0.05, 0) is 31.0 Å². The van der Waals surface area contributed by atoms with E-state index in [-0.39, 0.29) is 0 Å². The van der Waals surface area contributed by atoms with Crippen LogP contribution in [-0.4, -0.2) is 12.4 Å². The fourth-order valence-corrected chi connectivity index (χ4v) is 1.93. The maximum absolute atomic E-state index is 13.0. The smallest absolute Gasteiger partial charge is 0.124 e. The number of amidine groups is 1. The molecule has 1 aliphatic heterocycles. The first-order valence-electron chi connectivity index (χ1n) is 5.27. The van der Waals surface area contributed by atoms with Gasteiger partial charge in [0.15, 0.2) is 0 Å². The minimum atomic E-state index is -0.413. The lowest BCUT2D eigenvalue weighted by atomic mass is 10.1. The molecule has 1 fully saturated rings. The van der Waals surface area contributed by atoms with Crippen LogP contribution in [0, 0.1) is 22.6 Å². The van der Waals surface area contributed by atoms with E-state index in [0.717, 1.165) is 25.8 Å². The number of piperidine rings is 1. The van der Waals surface area contributed by atoms with Crippen molar-refractivity contribution in [3.8, 4) is 6.07 Å². The monoisotopic (exact) mass is 217 g/mol. The molecule has 0 bridgehead atoms. The van der Waals surface area contributed by atoms with Crippen molar-refractivity contribution in [1.29, 1.82) is 10.7 Å². The Hall–Kier alpha value is -1.89. The van der Waals surface area contributed by atoms with Gasteiger partial charge in [0.05, 0.1) is 11.3 Å². The number of nitriles is 1. The van der Waals surface area contributed by atoms with Crippen LogP contribution in [0.25, 0.3) is 0 Å². The largest absolute Gasteiger partial charge is 0.329 e. The highest BCUT2D eigenvalue weighted by molar-refractivity contribution is 5.97. The minimum absolute atomic E-state index is 0.298. The van der Waals surface area contributed by atoms with E-state index >= 15 is 0 Å². The Labute approximate surface area is 93.6 Å². The van der Waals surface area contributed by atoms with Crippen molar-refractivity contribution in [3.05, 3.63) is 29.6 Å².